The van der Waals surface area contributed by atoms with Crippen molar-refractivity contribution >= 4 is 11.6 Å². The Kier molecular flexibility index (Phi) is 2.85. The zero-order valence-corrected chi connectivity index (χ0v) is 9.22. The molecule has 1 aromatic rings. The van der Waals surface area contributed by atoms with Crippen LogP contribution in [-0.2, 0) is 6.42 Å². The Balaban J connectivity index is 2.35. The highest BCUT2D eigenvalue weighted by molar-refractivity contribution is 6.30. The fourth-order valence-electron chi connectivity index (χ4n) is 1.76. The van der Waals surface area contributed by atoms with Crippen molar-refractivity contribution in [3.05, 3.63) is 28.5 Å². The molecule has 2 unspecified atom stereocenters. The summed E-state index contributed by atoms with van der Waals surface area (Å²) in [5.74, 6) is 0.374. The van der Waals surface area contributed by atoms with E-state index in [1.165, 1.54) is 6.07 Å². The van der Waals surface area contributed by atoms with Crippen molar-refractivity contribution < 1.29 is 9.13 Å². The number of hydrogen-bond donors (Lipinski definition) is 1. The van der Waals surface area contributed by atoms with Gasteiger partial charge in [0.1, 0.15) is 11.6 Å². The van der Waals surface area contributed by atoms with Crippen molar-refractivity contribution in [3.8, 4) is 5.75 Å². The number of fused-ring (bicyclic) bond motifs is 1. The minimum absolute atomic E-state index is 0.00321. The maximum atomic E-state index is 13.7. The number of ether oxygens (including phenoxy) is 1. The van der Waals surface area contributed by atoms with Crippen molar-refractivity contribution in [2.45, 2.75) is 19.4 Å². The third kappa shape index (κ3) is 1.94. The van der Waals surface area contributed by atoms with Crippen LogP contribution >= 0.6 is 11.6 Å². The minimum Gasteiger partial charge on any atom is -0.493 e. The number of hydrogen-bond acceptors (Lipinski definition) is 2. The van der Waals surface area contributed by atoms with Gasteiger partial charge in [-0.05, 0) is 25.5 Å². The second-order valence-corrected chi connectivity index (χ2v) is 4.38. The lowest BCUT2D eigenvalue weighted by Crippen LogP contribution is -2.35. The van der Waals surface area contributed by atoms with Crippen molar-refractivity contribution in [3.63, 3.8) is 0 Å². The first-order valence-corrected chi connectivity index (χ1v) is 5.32. The molecule has 2 atom stereocenters. The highest BCUT2D eigenvalue weighted by Crippen LogP contribution is 2.33. The van der Waals surface area contributed by atoms with Gasteiger partial charge in [0.05, 0.1) is 11.6 Å². The molecule has 0 saturated carbocycles. The van der Waals surface area contributed by atoms with E-state index in [1.807, 2.05) is 6.92 Å². The lowest BCUT2D eigenvalue weighted by atomic mass is 9.91. The fraction of sp³-hybridized carbons (Fsp3) is 0.455. The average Bonchev–Trinajstić information content (AvgIpc) is 2.23. The summed E-state index contributed by atoms with van der Waals surface area (Å²) in [5.41, 5.74) is 6.33. The molecular formula is C11H13ClFNO. The molecule has 2 nitrogen and oxygen atoms in total. The van der Waals surface area contributed by atoms with Crippen molar-refractivity contribution in [2.75, 3.05) is 6.61 Å². The smallest absolute Gasteiger partial charge is 0.148 e. The van der Waals surface area contributed by atoms with Gasteiger partial charge in [0.15, 0.2) is 0 Å². The van der Waals surface area contributed by atoms with Crippen LogP contribution in [0.15, 0.2) is 12.1 Å². The maximum Gasteiger partial charge on any atom is 0.148 e. The Bertz CT molecular complexity index is 381. The molecule has 15 heavy (non-hydrogen) atoms. The van der Waals surface area contributed by atoms with Gasteiger partial charge in [-0.1, -0.05) is 11.6 Å². The molecule has 0 fully saturated rings. The standard InChI is InChI=1S/C11H13ClFNO/c1-6(14)7-4-8-10(15-5-7)3-2-9(12)11(8)13/h2-3,6-7H,4-5,14H2,1H3. The zero-order valence-electron chi connectivity index (χ0n) is 8.47. The lowest BCUT2D eigenvalue weighted by Gasteiger charge is -2.28. The van der Waals surface area contributed by atoms with Crippen LogP contribution in [0.2, 0.25) is 5.02 Å². The van der Waals surface area contributed by atoms with Crippen LogP contribution in [0.4, 0.5) is 4.39 Å². The number of nitrogens with two attached hydrogens (primary N) is 1. The molecule has 2 rings (SSSR count). The van der Waals surface area contributed by atoms with E-state index in [4.69, 9.17) is 22.1 Å². The molecule has 1 aliphatic rings. The van der Waals surface area contributed by atoms with E-state index < -0.39 is 0 Å². The van der Waals surface area contributed by atoms with Crippen molar-refractivity contribution in [2.24, 2.45) is 11.7 Å². The SMILES string of the molecule is CC(N)C1COc2ccc(Cl)c(F)c2C1. The summed E-state index contributed by atoms with van der Waals surface area (Å²) >= 11 is 5.71. The summed E-state index contributed by atoms with van der Waals surface area (Å²) in [6.45, 7) is 2.45. The van der Waals surface area contributed by atoms with Gasteiger partial charge in [-0.15, -0.1) is 0 Å². The van der Waals surface area contributed by atoms with Crippen LogP contribution in [-0.4, -0.2) is 12.6 Å². The van der Waals surface area contributed by atoms with E-state index in [-0.39, 0.29) is 22.8 Å². The van der Waals surface area contributed by atoms with Crippen LogP contribution in [0.1, 0.15) is 12.5 Å². The van der Waals surface area contributed by atoms with E-state index in [1.54, 1.807) is 6.07 Å². The van der Waals surface area contributed by atoms with Gasteiger partial charge in [0.25, 0.3) is 0 Å². The molecule has 82 valence electrons. The summed E-state index contributed by atoms with van der Waals surface area (Å²) in [6.07, 6.45) is 0.597. The van der Waals surface area contributed by atoms with E-state index in [0.717, 1.165) is 0 Å². The Labute approximate surface area is 93.2 Å². The van der Waals surface area contributed by atoms with Gasteiger partial charge in [0, 0.05) is 17.5 Å². The predicted molar refractivity (Wildman–Crippen MR) is 57.7 cm³/mol. The maximum absolute atomic E-state index is 13.7. The summed E-state index contributed by atoms with van der Waals surface area (Å²) < 4.78 is 19.1. The Morgan fingerprint density at radius 3 is 3.00 bits per heavy atom. The molecule has 1 heterocycles. The summed E-state index contributed by atoms with van der Waals surface area (Å²) in [7, 11) is 0. The number of halogens is 2. The highest BCUT2D eigenvalue weighted by Gasteiger charge is 2.26. The van der Waals surface area contributed by atoms with Crippen molar-refractivity contribution in [1.82, 2.24) is 0 Å². The zero-order chi connectivity index (χ0) is 11.0. The molecule has 0 amide bonds. The van der Waals surface area contributed by atoms with Gasteiger partial charge >= 0.3 is 0 Å². The molecule has 1 aromatic carbocycles. The molecule has 4 heteroatoms. The first-order valence-electron chi connectivity index (χ1n) is 4.95. The molecular weight excluding hydrogens is 217 g/mol. The molecule has 2 N–H and O–H groups in total. The molecule has 0 bridgehead atoms. The van der Waals surface area contributed by atoms with Gasteiger partial charge in [-0.25, -0.2) is 4.39 Å². The molecule has 0 radical (unpaired) electrons. The second-order valence-electron chi connectivity index (χ2n) is 3.97. The topological polar surface area (TPSA) is 35.2 Å². The number of benzene rings is 1. The molecule has 0 spiro atoms. The van der Waals surface area contributed by atoms with E-state index in [0.29, 0.717) is 24.3 Å². The Morgan fingerprint density at radius 1 is 1.60 bits per heavy atom. The highest BCUT2D eigenvalue weighted by atomic mass is 35.5. The molecule has 1 aliphatic heterocycles. The van der Waals surface area contributed by atoms with Gasteiger partial charge in [-0.2, -0.15) is 0 Å². The van der Waals surface area contributed by atoms with Gasteiger partial charge < -0.3 is 10.5 Å². The Hall–Kier alpha value is -0.800. The summed E-state index contributed by atoms with van der Waals surface area (Å²) in [5, 5.41) is 0.141. The second kappa shape index (κ2) is 3.99. The first-order chi connectivity index (χ1) is 7.09. The quantitative estimate of drug-likeness (QED) is 0.803. The van der Waals surface area contributed by atoms with Gasteiger partial charge in [0.2, 0.25) is 0 Å². The predicted octanol–water partition coefficient (Wildman–Crippen LogP) is 2.38. The summed E-state index contributed by atoms with van der Waals surface area (Å²) in [4.78, 5) is 0. The van der Waals surface area contributed by atoms with Crippen LogP contribution in [0.3, 0.4) is 0 Å². The third-order valence-electron chi connectivity index (χ3n) is 2.82. The minimum atomic E-state index is -0.375. The van der Waals surface area contributed by atoms with Crippen LogP contribution in [0.25, 0.3) is 0 Å². The first kappa shape index (κ1) is 10.7. The monoisotopic (exact) mass is 229 g/mol. The van der Waals surface area contributed by atoms with Crippen molar-refractivity contribution in [1.29, 1.82) is 0 Å². The van der Waals surface area contributed by atoms with Crippen LogP contribution < -0.4 is 10.5 Å². The lowest BCUT2D eigenvalue weighted by molar-refractivity contribution is 0.201. The summed E-state index contributed by atoms with van der Waals surface area (Å²) in [6, 6.07) is 3.22. The Morgan fingerprint density at radius 2 is 2.33 bits per heavy atom. The molecule has 0 aliphatic carbocycles. The largest absolute Gasteiger partial charge is 0.493 e. The average molecular weight is 230 g/mol. The van der Waals surface area contributed by atoms with E-state index >= 15 is 0 Å². The number of rotatable bonds is 1. The van der Waals surface area contributed by atoms with E-state index in [2.05, 4.69) is 0 Å². The van der Waals surface area contributed by atoms with Crippen LogP contribution in [0, 0.1) is 11.7 Å². The fourth-order valence-corrected chi connectivity index (χ4v) is 1.93. The molecule has 0 aromatic heterocycles. The third-order valence-corrected chi connectivity index (χ3v) is 3.11. The van der Waals surface area contributed by atoms with Crippen LogP contribution in [0.5, 0.6) is 5.75 Å². The van der Waals surface area contributed by atoms with Gasteiger partial charge in [-0.3, -0.25) is 0 Å². The normalized spacial score (nSPS) is 21.7. The van der Waals surface area contributed by atoms with E-state index in [9.17, 15) is 4.39 Å². The molecule has 0 saturated heterocycles.